The number of anilines is 2. The molecule has 0 saturated carbocycles. The van der Waals surface area contributed by atoms with Crippen LogP contribution in [0.3, 0.4) is 0 Å². The Bertz CT molecular complexity index is 851. The largest absolute Gasteiger partial charge is 0.377 e. The molecular formula is C22H28ClN3O3S. The van der Waals surface area contributed by atoms with E-state index in [4.69, 9.17) is 16.3 Å². The number of hydrogen-bond donors (Lipinski definition) is 1. The van der Waals surface area contributed by atoms with Gasteiger partial charge in [-0.3, -0.25) is 9.59 Å². The minimum atomic E-state index is -0.126. The molecule has 1 atom stereocenters. The van der Waals surface area contributed by atoms with Gasteiger partial charge >= 0.3 is 0 Å². The minimum absolute atomic E-state index is 0.00165. The average Bonchev–Trinajstić information content (AvgIpc) is 3.41. The Labute approximate surface area is 186 Å². The van der Waals surface area contributed by atoms with E-state index in [1.165, 1.54) is 11.3 Å². The first-order valence-corrected chi connectivity index (χ1v) is 11.5. The molecule has 6 nitrogen and oxygen atoms in total. The predicted molar refractivity (Wildman–Crippen MR) is 123 cm³/mol. The summed E-state index contributed by atoms with van der Waals surface area (Å²) >= 11 is 7.12. The second-order valence-electron chi connectivity index (χ2n) is 7.52. The maximum Gasteiger partial charge on any atom is 0.264 e. The lowest BCUT2D eigenvalue weighted by Crippen LogP contribution is -2.37. The third kappa shape index (κ3) is 5.97. The normalized spacial score (nSPS) is 15.8. The number of carbonyl (C=O) groups is 2. The molecule has 0 spiro atoms. The first-order chi connectivity index (χ1) is 14.5. The smallest absolute Gasteiger partial charge is 0.264 e. The van der Waals surface area contributed by atoms with Gasteiger partial charge in [-0.15, -0.1) is 22.9 Å². The van der Waals surface area contributed by atoms with Crippen LogP contribution in [-0.4, -0.2) is 55.9 Å². The van der Waals surface area contributed by atoms with Gasteiger partial charge < -0.3 is 19.9 Å². The van der Waals surface area contributed by atoms with Gasteiger partial charge in [-0.1, -0.05) is 6.07 Å². The van der Waals surface area contributed by atoms with Crippen molar-refractivity contribution in [3.05, 3.63) is 46.2 Å². The molecule has 1 N–H and O–H groups in total. The van der Waals surface area contributed by atoms with Gasteiger partial charge in [-0.2, -0.15) is 0 Å². The molecule has 0 aliphatic carbocycles. The molecule has 2 amide bonds. The zero-order valence-corrected chi connectivity index (χ0v) is 19.0. The van der Waals surface area contributed by atoms with Gasteiger partial charge in [-0.25, -0.2) is 0 Å². The van der Waals surface area contributed by atoms with E-state index in [0.717, 1.165) is 30.7 Å². The molecular weight excluding hydrogens is 422 g/mol. The standard InChI is InChI=1S/C22H28ClN3O3S/c1-25(2)19-8-7-17(24-21(27)9-10-23)13-16(19)14-26(15-18-5-3-11-29-18)22(28)20-6-4-12-30-20/h4,6-8,12-13,18H,3,5,9-11,14-15H2,1-2H3,(H,24,27)/t18-/m1/s1. The molecule has 1 aliphatic rings. The number of halogens is 1. The summed E-state index contributed by atoms with van der Waals surface area (Å²) in [6, 6.07) is 9.51. The van der Waals surface area contributed by atoms with Crippen LogP contribution >= 0.6 is 22.9 Å². The summed E-state index contributed by atoms with van der Waals surface area (Å²) in [4.78, 5) is 29.8. The number of hydrogen-bond acceptors (Lipinski definition) is 5. The molecule has 1 saturated heterocycles. The van der Waals surface area contributed by atoms with Crippen molar-refractivity contribution < 1.29 is 14.3 Å². The number of amides is 2. The minimum Gasteiger partial charge on any atom is -0.377 e. The maximum atomic E-state index is 13.2. The van der Waals surface area contributed by atoms with E-state index in [1.807, 2.05) is 59.6 Å². The van der Waals surface area contributed by atoms with Crippen molar-refractivity contribution >= 4 is 46.1 Å². The van der Waals surface area contributed by atoms with Crippen molar-refractivity contribution in [1.82, 2.24) is 4.90 Å². The van der Waals surface area contributed by atoms with E-state index in [2.05, 4.69) is 5.32 Å². The number of rotatable bonds is 9. The highest BCUT2D eigenvalue weighted by Crippen LogP contribution is 2.27. The summed E-state index contributed by atoms with van der Waals surface area (Å²) in [5.74, 6) is 0.153. The molecule has 162 valence electrons. The average molecular weight is 450 g/mol. The summed E-state index contributed by atoms with van der Waals surface area (Å²) in [5.41, 5.74) is 2.67. The molecule has 0 radical (unpaired) electrons. The molecule has 8 heteroatoms. The molecule has 30 heavy (non-hydrogen) atoms. The number of nitrogens with zero attached hydrogens (tertiary/aromatic N) is 2. The monoisotopic (exact) mass is 449 g/mol. The second kappa shape index (κ2) is 10.8. The lowest BCUT2D eigenvalue weighted by atomic mass is 10.1. The Balaban J connectivity index is 1.86. The molecule has 1 aromatic heterocycles. The van der Waals surface area contributed by atoms with E-state index in [9.17, 15) is 9.59 Å². The Morgan fingerprint density at radius 2 is 2.13 bits per heavy atom. The van der Waals surface area contributed by atoms with Gasteiger partial charge in [0.05, 0.1) is 11.0 Å². The Morgan fingerprint density at radius 3 is 2.77 bits per heavy atom. The van der Waals surface area contributed by atoms with Crippen molar-refractivity contribution in [2.45, 2.75) is 31.9 Å². The Hall–Kier alpha value is -2.09. The van der Waals surface area contributed by atoms with Gasteiger partial charge in [0.2, 0.25) is 5.91 Å². The van der Waals surface area contributed by atoms with Crippen LogP contribution in [-0.2, 0) is 16.1 Å². The molecule has 2 heterocycles. The van der Waals surface area contributed by atoms with E-state index >= 15 is 0 Å². The topological polar surface area (TPSA) is 61.9 Å². The van der Waals surface area contributed by atoms with Crippen molar-refractivity contribution in [2.75, 3.05) is 43.3 Å². The number of nitrogens with one attached hydrogen (secondary N) is 1. The zero-order chi connectivity index (χ0) is 21.5. The number of alkyl halides is 1. The second-order valence-corrected chi connectivity index (χ2v) is 8.85. The lowest BCUT2D eigenvalue weighted by molar-refractivity contribution is -0.115. The van der Waals surface area contributed by atoms with Gasteiger partial charge in [0, 0.05) is 57.5 Å². The van der Waals surface area contributed by atoms with Crippen LogP contribution in [0.25, 0.3) is 0 Å². The van der Waals surface area contributed by atoms with Crippen LogP contribution < -0.4 is 10.2 Å². The van der Waals surface area contributed by atoms with Crippen LogP contribution in [0, 0.1) is 0 Å². The van der Waals surface area contributed by atoms with Gasteiger partial charge in [0.25, 0.3) is 5.91 Å². The fourth-order valence-corrected chi connectivity index (χ4v) is 4.41. The molecule has 2 aromatic rings. The van der Waals surface area contributed by atoms with E-state index in [1.54, 1.807) is 0 Å². The number of carbonyl (C=O) groups excluding carboxylic acids is 2. The zero-order valence-electron chi connectivity index (χ0n) is 17.4. The first kappa shape index (κ1) is 22.6. The summed E-state index contributed by atoms with van der Waals surface area (Å²) in [5, 5.41) is 4.80. The molecule has 1 aromatic carbocycles. The van der Waals surface area contributed by atoms with Gasteiger partial charge in [-0.05, 0) is 48.1 Å². The third-order valence-electron chi connectivity index (χ3n) is 5.00. The summed E-state index contributed by atoms with van der Waals surface area (Å²) in [6.07, 6.45) is 2.30. The molecule has 0 bridgehead atoms. The highest BCUT2D eigenvalue weighted by atomic mass is 35.5. The van der Waals surface area contributed by atoms with Crippen LogP contribution in [0.1, 0.15) is 34.5 Å². The van der Waals surface area contributed by atoms with Crippen molar-refractivity contribution in [3.63, 3.8) is 0 Å². The van der Waals surface area contributed by atoms with Crippen molar-refractivity contribution in [3.8, 4) is 0 Å². The van der Waals surface area contributed by atoms with Crippen LogP contribution in [0.5, 0.6) is 0 Å². The third-order valence-corrected chi connectivity index (χ3v) is 6.04. The number of benzene rings is 1. The molecule has 1 fully saturated rings. The molecule has 1 aliphatic heterocycles. The number of thiophene rings is 1. The fourth-order valence-electron chi connectivity index (χ4n) is 3.55. The van der Waals surface area contributed by atoms with E-state index in [-0.39, 0.29) is 30.2 Å². The van der Waals surface area contributed by atoms with Crippen LogP contribution in [0.2, 0.25) is 0 Å². The summed E-state index contributed by atoms with van der Waals surface area (Å²) in [7, 11) is 3.94. The Morgan fingerprint density at radius 1 is 1.30 bits per heavy atom. The molecule has 0 unspecified atom stereocenters. The van der Waals surface area contributed by atoms with Gasteiger partial charge in [0.1, 0.15) is 0 Å². The Kier molecular flexibility index (Phi) is 8.13. The van der Waals surface area contributed by atoms with Gasteiger partial charge in [0.15, 0.2) is 0 Å². The highest BCUT2D eigenvalue weighted by Gasteiger charge is 2.25. The predicted octanol–water partition coefficient (Wildman–Crippen LogP) is 4.20. The number of ether oxygens (including phenoxy) is 1. The summed E-state index contributed by atoms with van der Waals surface area (Å²) < 4.78 is 5.80. The van der Waals surface area contributed by atoms with E-state index in [0.29, 0.717) is 23.7 Å². The van der Waals surface area contributed by atoms with Crippen LogP contribution in [0.4, 0.5) is 11.4 Å². The summed E-state index contributed by atoms with van der Waals surface area (Å²) in [6.45, 7) is 1.73. The first-order valence-electron chi connectivity index (χ1n) is 10.1. The highest BCUT2D eigenvalue weighted by molar-refractivity contribution is 7.12. The SMILES string of the molecule is CN(C)c1ccc(NC(=O)CCCl)cc1CN(C[C@H]1CCCO1)C(=O)c1cccs1. The quantitative estimate of drug-likeness (QED) is 0.583. The lowest BCUT2D eigenvalue weighted by Gasteiger charge is -2.28. The van der Waals surface area contributed by atoms with Crippen LogP contribution in [0.15, 0.2) is 35.7 Å². The molecule has 3 rings (SSSR count). The van der Waals surface area contributed by atoms with Crippen molar-refractivity contribution in [1.29, 1.82) is 0 Å². The van der Waals surface area contributed by atoms with E-state index < -0.39 is 0 Å². The fraction of sp³-hybridized carbons (Fsp3) is 0.455. The van der Waals surface area contributed by atoms with Crippen molar-refractivity contribution in [2.24, 2.45) is 0 Å². The maximum absolute atomic E-state index is 13.2.